The van der Waals surface area contributed by atoms with E-state index in [1.807, 2.05) is 0 Å². The molecule has 0 aliphatic carbocycles. The van der Waals surface area contributed by atoms with Crippen LogP contribution in [0.4, 0.5) is 5.69 Å². The van der Waals surface area contributed by atoms with E-state index in [2.05, 4.69) is 5.32 Å². The Bertz CT molecular complexity index is 556. The van der Waals surface area contributed by atoms with Crippen molar-refractivity contribution in [1.82, 2.24) is 10.2 Å². The van der Waals surface area contributed by atoms with E-state index in [1.54, 1.807) is 0 Å². The van der Waals surface area contributed by atoms with Gasteiger partial charge >= 0.3 is 0 Å². The van der Waals surface area contributed by atoms with Crippen molar-refractivity contribution < 1.29 is 14.5 Å². The molecule has 1 aromatic carbocycles. The number of rotatable bonds is 2. The molecule has 0 spiro atoms. The number of nitro groups is 1. The molecular formula is C12H13N3O4. The van der Waals surface area contributed by atoms with Gasteiger partial charge in [-0.1, -0.05) is 6.07 Å². The molecule has 100 valence electrons. The summed E-state index contributed by atoms with van der Waals surface area (Å²) in [6.07, 6.45) is 0. The van der Waals surface area contributed by atoms with Crippen molar-refractivity contribution in [3.05, 3.63) is 39.4 Å². The van der Waals surface area contributed by atoms with Crippen molar-refractivity contribution >= 4 is 17.5 Å². The first kappa shape index (κ1) is 13.0. The Morgan fingerprint density at radius 3 is 2.84 bits per heavy atom. The molecule has 0 atom stereocenters. The Labute approximate surface area is 109 Å². The van der Waals surface area contributed by atoms with Crippen LogP contribution >= 0.6 is 0 Å². The van der Waals surface area contributed by atoms with E-state index in [4.69, 9.17) is 0 Å². The molecule has 0 bridgehead atoms. The highest BCUT2D eigenvalue weighted by molar-refractivity contribution is 5.98. The number of nitrogens with one attached hydrogen (secondary N) is 1. The average molecular weight is 263 g/mol. The van der Waals surface area contributed by atoms with Crippen molar-refractivity contribution in [2.24, 2.45) is 0 Å². The molecule has 0 aromatic heterocycles. The lowest BCUT2D eigenvalue weighted by Gasteiger charge is -2.27. The molecule has 0 radical (unpaired) electrons. The van der Waals surface area contributed by atoms with Crippen molar-refractivity contribution in [2.45, 2.75) is 6.92 Å². The van der Waals surface area contributed by atoms with Crippen LogP contribution in [0.5, 0.6) is 0 Å². The van der Waals surface area contributed by atoms with Gasteiger partial charge in [-0.25, -0.2) is 0 Å². The molecule has 1 N–H and O–H groups in total. The third kappa shape index (κ3) is 2.54. The highest BCUT2D eigenvalue weighted by Gasteiger charge is 2.25. The van der Waals surface area contributed by atoms with Gasteiger partial charge in [-0.3, -0.25) is 19.7 Å². The fourth-order valence-corrected chi connectivity index (χ4v) is 2.04. The number of nitro benzene ring substituents is 1. The molecule has 0 saturated carbocycles. The van der Waals surface area contributed by atoms with E-state index >= 15 is 0 Å². The second-order valence-corrected chi connectivity index (χ2v) is 4.28. The summed E-state index contributed by atoms with van der Waals surface area (Å²) in [6.45, 7) is 2.33. The van der Waals surface area contributed by atoms with Gasteiger partial charge in [0.25, 0.3) is 11.6 Å². The van der Waals surface area contributed by atoms with Crippen LogP contribution in [0, 0.1) is 17.0 Å². The van der Waals surface area contributed by atoms with Crippen LogP contribution in [0.3, 0.4) is 0 Å². The third-order valence-electron chi connectivity index (χ3n) is 3.06. The topological polar surface area (TPSA) is 92.6 Å². The lowest BCUT2D eigenvalue weighted by molar-refractivity contribution is -0.385. The summed E-state index contributed by atoms with van der Waals surface area (Å²) < 4.78 is 0. The van der Waals surface area contributed by atoms with Crippen LogP contribution in [0.2, 0.25) is 0 Å². The van der Waals surface area contributed by atoms with Gasteiger partial charge in [-0.15, -0.1) is 0 Å². The van der Waals surface area contributed by atoms with Crippen LogP contribution in [0.15, 0.2) is 18.2 Å². The maximum absolute atomic E-state index is 12.3. The van der Waals surface area contributed by atoms with Gasteiger partial charge in [0, 0.05) is 30.3 Å². The van der Waals surface area contributed by atoms with Crippen molar-refractivity contribution in [3.63, 3.8) is 0 Å². The van der Waals surface area contributed by atoms with Gasteiger partial charge in [-0.2, -0.15) is 0 Å². The predicted octanol–water partition coefficient (Wildman–Crippen LogP) is 0.475. The molecule has 7 nitrogen and oxygen atoms in total. The Hall–Kier alpha value is -2.44. The highest BCUT2D eigenvalue weighted by atomic mass is 16.6. The number of hydrogen-bond donors (Lipinski definition) is 1. The Kier molecular flexibility index (Phi) is 3.46. The van der Waals surface area contributed by atoms with E-state index in [0.29, 0.717) is 18.7 Å². The largest absolute Gasteiger partial charge is 0.353 e. The van der Waals surface area contributed by atoms with Gasteiger partial charge in [0.05, 0.1) is 11.5 Å². The normalized spacial score (nSPS) is 15.0. The second kappa shape index (κ2) is 5.05. The third-order valence-corrected chi connectivity index (χ3v) is 3.06. The summed E-state index contributed by atoms with van der Waals surface area (Å²) in [5, 5.41) is 13.5. The number of carbonyl (C=O) groups is 2. The maximum Gasteiger partial charge on any atom is 0.273 e. The Morgan fingerprint density at radius 1 is 1.47 bits per heavy atom. The van der Waals surface area contributed by atoms with Crippen LogP contribution in [-0.4, -0.2) is 41.3 Å². The lowest BCUT2D eigenvalue weighted by Crippen LogP contribution is -2.50. The smallest absolute Gasteiger partial charge is 0.273 e. The molecule has 2 rings (SSSR count). The predicted molar refractivity (Wildman–Crippen MR) is 66.7 cm³/mol. The molecule has 1 heterocycles. The van der Waals surface area contributed by atoms with E-state index in [0.717, 1.165) is 0 Å². The quantitative estimate of drug-likeness (QED) is 0.620. The minimum atomic E-state index is -0.519. The van der Waals surface area contributed by atoms with E-state index < -0.39 is 4.92 Å². The van der Waals surface area contributed by atoms with Gasteiger partial charge in [0.2, 0.25) is 5.91 Å². The summed E-state index contributed by atoms with van der Waals surface area (Å²) in [4.78, 5) is 35.2. The highest BCUT2D eigenvalue weighted by Crippen LogP contribution is 2.22. The summed E-state index contributed by atoms with van der Waals surface area (Å²) in [5.41, 5.74) is 0.500. The van der Waals surface area contributed by atoms with Gasteiger partial charge < -0.3 is 10.2 Å². The minimum absolute atomic E-state index is 0.0129. The zero-order valence-electron chi connectivity index (χ0n) is 10.4. The molecule has 7 heteroatoms. The molecule has 1 saturated heterocycles. The number of amides is 2. The fraction of sp³-hybridized carbons (Fsp3) is 0.333. The van der Waals surface area contributed by atoms with E-state index in [1.165, 1.54) is 30.0 Å². The van der Waals surface area contributed by atoms with Gasteiger partial charge in [-0.05, 0) is 13.0 Å². The number of carbonyl (C=O) groups excluding carboxylic acids is 2. The summed E-state index contributed by atoms with van der Waals surface area (Å²) in [5.74, 6) is -0.571. The Balaban J connectivity index is 2.31. The molecule has 19 heavy (non-hydrogen) atoms. The fourth-order valence-electron chi connectivity index (χ4n) is 2.04. The van der Waals surface area contributed by atoms with Crippen LogP contribution < -0.4 is 5.32 Å². The van der Waals surface area contributed by atoms with Crippen LogP contribution in [0.25, 0.3) is 0 Å². The second-order valence-electron chi connectivity index (χ2n) is 4.28. The SMILES string of the molecule is Cc1c(C(=O)N2CCNC(=O)C2)cccc1[N+](=O)[O-]. The number of hydrogen-bond acceptors (Lipinski definition) is 4. The lowest BCUT2D eigenvalue weighted by atomic mass is 10.1. The Morgan fingerprint density at radius 2 is 2.21 bits per heavy atom. The summed E-state index contributed by atoms with van der Waals surface area (Å²) in [6, 6.07) is 4.37. The first-order valence-electron chi connectivity index (χ1n) is 5.80. The van der Waals surface area contributed by atoms with E-state index in [9.17, 15) is 19.7 Å². The summed E-state index contributed by atoms with van der Waals surface area (Å²) >= 11 is 0. The average Bonchev–Trinajstić information content (AvgIpc) is 2.38. The molecule has 1 aliphatic rings. The number of benzene rings is 1. The number of piperazine rings is 1. The molecule has 1 fully saturated rings. The van der Waals surface area contributed by atoms with Gasteiger partial charge in [0.1, 0.15) is 0 Å². The number of nitrogens with zero attached hydrogens (tertiary/aromatic N) is 2. The zero-order valence-corrected chi connectivity index (χ0v) is 10.4. The molecular weight excluding hydrogens is 250 g/mol. The minimum Gasteiger partial charge on any atom is -0.353 e. The first-order valence-corrected chi connectivity index (χ1v) is 5.80. The molecule has 1 aromatic rings. The first-order chi connectivity index (χ1) is 9.00. The van der Waals surface area contributed by atoms with Crippen molar-refractivity contribution in [3.8, 4) is 0 Å². The standard InChI is InChI=1S/C12H13N3O4/c1-8-9(3-2-4-10(8)15(18)19)12(17)14-6-5-13-11(16)7-14/h2-4H,5-7H2,1H3,(H,13,16). The van der Waals surface area contributed by atoms with Crippen LogP contribution in [-0.2, 0) is 4.79 Å². The van der Waals surface area contributed by atoms with Crippen LogP contribution in [0.1, 0.15) is 15.9 Å². The summed E-state index contributed by atoms with van der Waals surface area (Å²) in [7, 11) is 0. The zero-order chi connectivity index (χ0) is 14.0. The van der Waals surface area contributed by atoms with E-state index in [-0.39, 0.29) is 29.6 Å². The van der Waals surface area contributed by atoms with Crippen molar-refractivity contribution in [1.29, 1.82) is 0 Å². The monoisotopic (exact) mass is 263 g/mol. The van der Waals surface area contributed by atoms with Gasteiger partial charge in [0.15, 0.2) is 0 Å². The molecule has 1 aliphatic heterocycles. The maximum atomic E-state index is 12.3. The molecule has 2 amide bonds. The van der Waals surface area contributed by atoms with Crippen molar-refractivity contribution in [2.75, 3.05) is 19.6 Å². The molecule has 0 unspecified atom stereocenters.